The number of carbonyl (C=O) groups is 1. The minimum absolute atomic E-state index is 0.217. The molecule has 1 aliphatic rings. The fourth-order valence-electron chi connectivity index (χ4n) is 3.61. The molecule has 1 amide bonds. The highest BCUT2D eigenvalue weighted by Gasteiger charge is 2.34. The van der Waals surface area contributed by atoms with E-state index >= 15 is 0 Å². The molecule has 160 valence electrons. The summed E-state index contributed by atoms with van der Waals surface area (Å²) in [5.74, 6) is 1.89. The highest BCUT2D eigenvalue weighted by atomic mass is 32.2. The largest absolute Gasteiger partial charge is 0.495 e. The summed E-state index contributed by atoms with van der Waals surface area (Å²) < 4.78 is 7.19. The normalized spacial score (nSPS) is 15.3. The van der Waals surface area contributed by atoms with Crippen LogP contribution in [0.25, 0.3) is 0 Å². The van der Waals surface area contributed by atoms with Crippen LogP contribution < -0.4 is 15.4 Å². The van der Waals surface area contributed by atoms with Gasteiger partial charge in [-0.1, -0.05) is 60.6 Å². The van der Waals surface area contributed by atoms with Crippen LogP contribution in [0.15, 0.2) is 65.0 Å². The van der Waals surface area contributed by atoms with E-state index in [1.54, 1.807) is 23.6 Å². The van der Waals surface area contributed by atoms with Gasteiger partial charge in [-0.15, -0.1) is 5.10 Å². The first-order valence-corrected chi connectivity index (χ1v) is 11.1. The third kappa shape index (κ3) is 4.16. The van der Waals surface area contributed by atoms with Gasteiger partial charge in [-0.25, -0.2) is 4.68 Å². The number of hydrogen-bond acceptors (Lipinski definition) is 6. The summed E-state index contributed by atoms with van der Waals surface area (Å²) in [6, 6.07) is 15.1. The molecule has 0 bridgehead atoms. The number of rotatable bonds is 6. The molecule has 8 heteroatoms. The van der Waals surface area contributed by atoms with Crippen molar-refractivity contribution in [3.63, 3.8) is 0 Å². The van der Waals surface area contributed by atoms with Crippen molar-refractivity contribution in [2.45, 2.75) is 32.0 Å². The molecule has 2 N–H and O–H groups in total. The average molecular weight is 436 g/mol. The molecule has 1 aromatic heterocycles. The molecule has 2 aromatic carbocycles. The fraction of sp³-hybridized carbons (Fsp3) is 0.261. The standard InChI is InChI=1S/C23H25N5O2S/c1-5-31-23-26-22-24-15(3)19(21(29)25-17-8-6-7-9-18(17)30-4)20(28(22)27-23)16-12-10-14(2)11-13-16/h6-13,20H,5H2,1-4H3,(H,25,29)(H,24,26,27). The maximum absolute atomic E-state index is 13.5. The smallest absolute Gasteiger partial charge is 0.255 e. The summed E-state index contributed by atoms with van der Waals surface area (Å²) >= 11 is 1.57. The minimum Gasteiger partial charge on any atom is -0.495 e. The number of amides is 1. The predicted octanol–water partition coefficient (Wildman–Crippen LogP) is 4.63. The van der Waals surface area contributed by atoms with Gasteiger partial charge in [0.05, 0.1) is 18.4 Å². The molecule has 0 fully saturated rings. The van der Waals surface area contributed by atoms with E-state index in [1.807, 2.05) is 62.4 Å². The molecule has 7 nitrogen and oxygen atoms in total. The second-order valence-electron chi connectivity index (χ2n) is 7.23. The van der Waals surface area contributed by atoms with Crippen molar-refractivity contribution in [3.8, 4) is 5.75 Å². The van der Waals surface area contributed by atoms with Crippen molar-refractivity contribution < 1.29 is 9.53 Å². The number of methoxy groups -OCH3 is 1. The van der Waals surface area contributed by atoms with Gasteiger partial charge >= 0.3 is 0 Å². The van der Waals surface area contributed by atoms with Crippen LogP contribution in [0.4, 0.5) is 11.6 Å². The fourth-order valence-corrected chi connectivity index (χ4v) is 4.17. The number of aromatic nitrogens is 3. The van der Waals surface area contributed by atoms with Gasteiger partial charge in [-0.2, -0.15) is 4.98 Å². The van der Waals surface area contributed by atoms with E-state index in [9.17, 15) is 4.79 Å². The lowest BCUT2D eigenvalue weighted by Crippen LogP contribution is -2.31. The summed E-state index contributed by atoms with van der Waals surface area (Å²) in [4.78, 5) is 18.1. The first-order chi connectivity index (χ1) is 15.0. The third-order valence-electron chi connectivity index (χ3n) is 5.10. The molecule has 0 saturated carbocycles. The van der Waals surface area contributed by atoms with Crippen molar-refractivity contribution in [1.29, 1.82) is 0 Å². The summed E-state index contributed by atoms with van der Waals surface area (Å²) in [5, 5.41) is 11.6. The number of nitrogens with zero attached hydrogens (tertiary/aromatic N) is 3. The molecule has 1 unspecified atom stereocenters. The molecule has 31 heavy (non-hydrogen) atoms. The van der Waals surface area contributed by atoms with Crippen LogP contribution in [0.2, 0.25) is 0 Å². The van der Waals surface area contributed by atoms with Crippen LogP contribution in [-0.2, 0) is 4.79 Å². The summed E-state index contributed by atoms with van der Waals surface area (Å²) in [7, 11) is 1.58. The van der Waals surface area contributed by atoms with Crippen LogP contribution in [0.1, 0.15) is 31.0 Å². The maximum Gasteiger partial charge on any atom is 0.255 e. The average Bonchev–Trinajstić information content (AvgIpc) is 3.16. The third-order valence-corrected chi connectivity index (χ3v) is 5.82. The van der Waals surface area contributed by atoms with E-state index in [0.29, 0.717) is 28.1 Å². The van der Waals surface area contributed by atoms with Crippen molar-refractivity contribution in [2.75, 3.05) is 23.5 Å². The number of thioether (sulfide) groups is 1. The molecule has 3 aromatic rings. The number of benzene rings is 2. The number of hydrogen-bond donors (Lipinski definition) is 2. The molecule has 1 aliphatic heterocycles. The van der Waals surface area contributed by atoms with E-state index in [2.05, 4.69) is 22.5 Å². The number of ether oxygens (including phenoxy) is 1. The number of carbonyl (C=O) groups excluding carboxylic acids is 1. The second-order valence-corrected chi connectivity index (χ2v) is 8.46. The molecule has 0 spiro atoms. The van der Waals surface area contributed by atoms with Gasteiger partial charge < -0.3 is 15.4 Å². The molecule has 0 radical (unpaired) electrons. The SMILES string of the molecule is CCSc1nc2n(n1)C(c1ccc(C)cc1)C(C(=O)Nc1ccccc1OC)=C(C)N2. The topological polar surface area (TPSA) is 81.1 Å². The number of para-hydroxylation sites is 2. The summed E-state index contributed by atoms with van der Waals surface area (Å²) in [5.41, 5.74) is 4.06. The summed E-state index contributed by atoms with van der Waals surface area (Å²) in [6.45, 7) is 5.99. The van der Waals surface area contributed by atoms with Crippen LogP contribution in [0, 0.1) is 6.92 Å². The Bertz CT molecular complexity index is 1140. The lowest BCUT2D eigenvalue weighted by Gasteiger charge is -2.29. The molecular weight excluding hydrogens is 410 g/mol. The van der Waals surface area contributed by atoms with Crippen molar-refractivity contribution >= 4 is 29.3 Å². The van der Waals surface area contributed by atoms with Crippen molar-refractivity contribution in [1.82, 2.24) is 14.8 Å². The first kappa shape index (κ1) is 21.0. The van der Waals surface area contributed by atoms with Gasteiger partial charge in [-0.3, -0.25) is 4.79 Å². The monoisotopic (exact) mass is 435 g/mol. The van der Waals surface area contributed by atoms with Crippen LogP contribution in [-0.4, -0.2) is 33.5 Å². The molecule has 2 heterocycles. The maximum atomic E-state index is 13.5. The predicted molar refractivity (Wildman–Crippen MR) is 124 cm³/mol. The van der Waals surface area contributed by atoms with Crippen molar-refractivity contribution in [3.05, 3.63) is 70.9 Å². The van der Waals surface area contributed by atoms with Crippen LogP contribution in [0.3, 0.4) is 0 Å². The molecule has 4 rings (SSSR count). The molecule has 0 aliphatic carbocycles. The van der Waals surface area contributed by atoms with E-state index < -0.39 is 6.04 Å². The van der Waals surface area contributed by atoms with E-state index in [0.717, 1.165) is 22.6 Å². The minimum atomic E-state index is -0.398. The van der Waals surface area contributed by atoms with Gasteiger partial charge in [0.25, 0.3) is 5.91 Å². The van der Waals surface area contributed by atoms with Gasteiger partial charge in [0.1, 0.15) is 11.8 Å². The van der Waals surface area contributed by atoms with E-state index in [-0.39, 0.29) is 5.91 Å². The van der Waals surface area contributed by atoms with Crippen LogP contribution >= 0.6 is 11.8 Å². The van der Waals surface area contributed by atoms with Gasteiger partial charge in [0.2, 0.25) is 11.1 Å². The second kappa shape index (κ2) is 8.85. The Morgan fingerprint density at radius 2 is 1.94 bits per heavy atom. The molecular formula is C23H25N5O2S. The Labute approximate surface area is 185 Å². The zero-order valence-electron chi connectivity index (χ0n) is 18.0. The Hall–Kier alpha value is -3.26. The highest BCUT2D eigenvalue weighted by molar-refractivity contribution is 7.99. The van der Waals surface area contributed by atoms with Crippen molar-refractivity contribution in [2.24, 2.45) is 0 Å². The lowest BCUT2D eigenvalue weighted by atomic mass is 9.94. The number of nitrogens with one attached hydrogen (secondary N) is 2. The Balaban J connectivity index is 1.78. The lowest BCUT2D eigenvalue weighted by molar-refractivity contribution is -0.113. The number of fused-ring (bicyclic) bond motifs is 1. The first-order valence-electron chi connectivity index (χ1n) is 10.1. The molecule has 0 saturated heterocycles. The quantitative estimate of drug-likeness (QED) is 0.549. The highest BCUT2D eigenvalue weighted by Crippen LogP contribution is 2.37. The Kier molecular flexibility index (Phi) is 5.99. The van der Waals surface area contributed by atoms with Gasteiger partial charge in [0, 0.05) is 5.70 Å². The molecule has 1 atom stereocenters. The number of aryl methyl sites for hydroxylation is 1. The summed E-state index contributed by atoms with van der Waals surface area (Å²) in [6.07, 6.45) is 0. The zero-order chi connectivity index (χ0) is 22.0. The van der Waals surface area contributed by atoms with Crippen LogP contribution in [0.5, 0.6) is 5.75 Å². The van der Waals surface area contributed by atoms with Gasteiger partial charge in [-0.05, 0) is 37.3 Å². The zero-order valence-corrected chi connectivity index (χ0v) is 18.8. The number of anilines is 2. The number of allylic oxidation sites excluding steroid dienone is 1. The van der Waals surface area contributed by atoms with E-state index in [4.69, 9.17) is 9.84 Å². The Morgan fingerprint density at radius 3 is 2.65 bits per heavy atom. The van der Waals surface area contributed by atoms with E-state index in [1.165, 1.54) is 0 Å². The Morgan fingerprint density at radius 1 is 1.19 bits per heavy atom. The van der Waals surface area contributed by atoms with Gasteiger partial charge in [0.15, 0.2) is 0 Å².